The predicted molar refractivity (Wildman–Crippen MR) is 54.0 cm³/mol. The van der Waals surface area contributed by atoms with Crippen LogP contribution in [0.2, 0.25) is 0 Å². The Balaban J connectivity index is 2.95. The molecule has 0 radical (unpaired) electrons. The van der Waals surface area contributed by atoms with Crippen LogP contribution >= 0.6 is 0 Å². The average Bonchev–Trinajstić information content (AvgIpc) is 2.02. The van der Waals surface area contributed by atoms with E-state index in [0.29, 0.717) is 0 Å². The third kappa shape index (κ3) is 1.35. The molecule has 0 saturated carbocycles. The highest BCUT2D eigenvalue weighted by Crippen LogP contribution is 2.11. The minimum absolute atomic E-state index is 0.00463. The predicted octanol–water partition coefficient (Wildman–Crippen LogP) is 2.14. The lowest BCUT2D eigenvalue weighted by Crippen LogP contribution is -2.06. The SMILES string of the molecule is Cc1ccc2c(=O)[nH]c(C)cc2c1. The molecule has 0 fully saturated rings. The van der Waals surface area contributed by atoms with Gasteiger partial charge in [-0.1, -0.05) is 17.7 Å². The molecule has 2 heteroatoms. The number of fused-ring (bicyclic) bond motifs is 1. The fourth-order valence-electron chi connectivity index (χ4n) is 1.52. The van der Waals surface area contributed by atoms with Crippen molar-refractivity contribution >= 4 is 10.8 Å². The molecule has 0 amide bonds. The Bertz CT molecular complexity index is 506. The van der Waals surface area contributed by atoms with Crippen molar-refractivity contribution in [1.82, 2.24) is 4.98 Å². The number of pyridine rings is 1. The summed E-state index contributed by atoms with van der Waals surface area (Å²) in [4.78, 5) is 14.2. The van der Waals surface area contributed by atoms with Crippen LogP contribution in [0.3, 0.4) is 0 Å². The van der Waals surface area contributed by atoms with Gasteiger partial charge in [-0.05, 0) is 31.4 Å². The topological polar surface area (TPSA) is 32.9 Å². The lowest BCUT2D eigenvalue weighted by atomic mass is 10.1. The lowest BCUT2D eigenvalue weighted by molar-refractivity contribution is 1.17. The van der Waals surface area contributed by atoms with Crippen molar-refractivity contribution in [3.63, 3.8) is 0 Å². The molecule has 0 aliphatic rings. The molecule has 0 spiro atoms. The molecule has 66 valence electrons. The number of hydrogen-bond acceptors (Lipinski definition) is 1. The second kappa shape index (κ2) is 2.73. The first-order valence-electron chi connectivity index (χ1n) is 4.27. The molecule has 2 aromatic rings. The summed E-state index contributed by atoms with van der Waals surface area (Å²) in [7, 11) is 0. The molecule has 0 aliphatic heterocycles. The summed E-state index contributed by atoms with van der Waals surface area (Å²) in [6.07, 6.45) is 0. The fraction of sp³-hybridized carbons (Fsp3) is 0.182. The number of benzene rings is 1. The summed E-state index contributed by atoms with van der Waals surface area (Å²) in [5, 5.41) is 1.78. The quantitative estimate of drug-likeness (QED) is 0.650. The van der Waals surface area contributed by atoms with Gasteiger partial charge in [-0.3, -0.25) is 4.79 Å². The van der Waals surface area contributed by atoms with E-state index in [1.54, 1.807) is 0 Å². The van der Waals surface area contributed by atoms with Gasteiger partial charge in [0.1, 0.15) is 0 Å². The van der Waals surface area contributed by atoms with Crippen LogP contribution in [0, 0.1) is 13.8 Å². The molecule has 0 atom stereocenters. The third-order valence-corrected chi connectivity index (χ3v) is 2.13. The highest BCUT2D eigenvalue weighted by atomic mass is 16.1. The number of rotatable bonds is 0. The van der Waals surface area contributed by atoms with Crippen molar-refractivity contribution in [2.75, 3.05) is 0 Å². The summed E-state index contributed by atoms with van der Waals surface area (Å²) in [5.41, 5.74) is 2.08. The molecule has 1 aromatic heterocycles. The molecule has 2 rings (SSSR count). The third-order valence-electron chi connectivity index (χ3n) is 2.13. The zero-order chi connectivity index (χ0) is 9.42. The number of aromatic amines is 1. The fourth-order valence-corrected chi connectivity index (χ4v) is 1.52. The number of aromatic nitrogens is 1. The molecular weight excluding hydrogens is 162 g/mol. The van der Waals surface area contributed by atoms with Crippen LogP contribution in [0.25, 0.3) is 10.8 Å². The van der Waals surface area contributed by atoms with E-state index in [4.69, 9.17) is 0 Å². The van der Waals surface area contributed by atoms with E-state index >= 15 is 0 Å². The zero-order valence-corrected chi connectivity index (χ0v) is 7.72. The Hall–Kier alpha value is -1.57. The van der Waals surface area contributed by atoms with Gasteiger partial charge in [0.25, 0.3) is 5.56 Å². The van der Waals surface area contributed by atoms with Crippen LogP contribution in [0.1, 0.15) is 11.3 Å². The van der Waals surface area contributed by atoms with E-state index < -0.39 is 0 Å². The van der Waals surface area contributed by atoms with Crippen molar-refractivity contribution in [1.29, 1.82) is 0 Å². The van der Waals surface area contributed by atoms with E-state index in [0.717, 1.165) is 16.5 Å². The molecule has 2 nitrogen and oxygen atoms in total. The highest BCUT2D eigenvalue weighted by molar-refractivity contribution is 5.82. The maximum Gasteiger partial charge on any atom is 0.256 e. The van der Waals surface area contributed by atoms with Gasteiger partial charge in [-0.15, -0.1) is 0 Å². The maximum absolute atomic E-state index is 11.5. The van der Waals surface area contributed by atoms with Gasteiger partial charge in [-0.2, -0.15) is 0 Å². The van der Waals surface area contributed by atoms with Crippen molar-refractivity contribution in [2.45, 2.75) is 13.8 Å². The second-order valence-corrected chi connectivity index (χ2v) is 3.37. The van der Waals surface area contributed by atoms with E-state index in [-0.39, 0.29) is 5.56 Å². The standard InChI is InChI=1S/C11H11NO/c1-7-3-4-10-9(5-7)6-8(2)12-11(10)13/h3-6H,1-2H3,(H,12,13). The molecule has 1 N–H and O–H groups in total. The van der Waals surface area contributed by atoms with E-state index in [2.05, 4.69) is 4.98 Å². The summed E-state index contributed by atoms with van der Waals surface area (Å²) in [5.74, 6) is 0. The Morgan fingerprint density at radius 3 is 2.69 bits per heavy atom. The van der Waals surface area contributed by atoms with Crippen LogP contribution in [-0.2, 0) is 0 Å². The van der Waals surface area contributed by atoms with Crippen molar-refractivity contribution in [3.8, 4) is 0 Å². The van der Waals surface area contributed by atoms with Gasteiger partial charge in [0, 0.05) is 11.1 Å². The Kier molecular flexibility index (Phi) is 1.69. The first-order valence-corrected chi connectivity index (χ1v) is 4.27. The summed E-state index contributed by atoms with van der Waals surface area (Å²) >= 11 is 0. The van der Waals surface area contributed by atoms with Gasteiger partial charge in [0.2, 0.25) is 0 Å². The summed E-state index contributed by atoms with van der Waals surface area (Å²) in [6, 6.07) is 7.83. The Labute approximate surface area is 76.2 Å². The maximum atomic E-state index is 11.5. The Morgan fingerprint density at radius 2 is 1.92 bits per heavy atom. The molecule has 0 unspecified atom stereocenters. The van der Waals surface area contributed by atoms with Crippen LogP contribution < -0.4 is 5.56 Å². The molecule has 0 saturated heterocycles. The number of H-pyrrole nitrogens is 1. The van der Waals surface area contributed by atoms with Gasteiger partial charge >= 0.3 is 0 Å². The van der Waals surface area contributed by atoms with E-state index in [1.165, 1.54) is 5.56 Å². The van der Waals surface area contributed by atoms with Gasteiger partial charge in [-0.25, -0.2) is 0 Å². The van der Waals surface area contributed by atoms with Crippen molar-refractivity contribution in [3.05, 3.63) is 45.9 Å². The first kappa shape index (κ1) is 8.05. The van der Waals surface area contributed by atoms with Crippen LogP contribution in [0.4, 0.5) is 0 Å². The first-order chi connectivity index (χ1) is 6.16. The monoisotopic (exact) mass is 173 g/mol. The number of nitrogens with one attached hydrogen (secondary N) is 1. The number of hydrogen-bond donors (Lipinski definition) is 1. The van der Waals surface area contributed by atoms with E-state index in [9.17, 15) is 4.79 Å². The van der Waals surface area contributed by atoms with Crippen LogP contribution in [0.15, 0.2) is 29.1 Å². The van der Waals surface area contributed by atoms with Crippen LogP contribution in [0.5, 0.6) is 0 Å². The Morgan fingerprint density at radius 1 is 1.15 bits per heavy atom. The normalized spacial score (nSPS) is 10.6. The molecule has 13 heavy (non-hydrogen) atoms. The summed E-state index contributed by atoms with van der Waals surface area (Å²) < 4.78 is 0. The molecule has 0 bridgehead atoms. The highest BCUT2D eigenvalue weighted by Gasteiger charge is 1.98. The van der Waals surface area contributed by atoms with Gasteiger partial charge < -0.3 is 4.98 Å². The van der Waals surface area contributed by atoms with Crippen molar-refractivity contribution in [2.24, 2.45) is 0 Å². The minimum atomic E-state index is -0.00463. The largest absolute Gasteiger partial charge is 0.326 e. The molecule has 1 heterocycles. The van der Waals surface area contributed by atoms with Gasteiger partial charge in [0.15, 0.2) is 0 Å². The van der Waals surface area contributed by atoms with Crippen LogP contribution in [-0.4, -0.2) is 4.98 Å². The van der Waals surface area contributed by atoms with E-state index in [1.807, 2.05) is 38.1 Å². The molecule has 0 aliphatic carbocycles. The van der Waals surface area contributed by atoms with Crippen molar-refractivity contribution < 1.29 is 0 Å². The minimum Gasteiger partial charge on any atom is -0.326 e. The summed E-state index contributed by atoms with van der Waals surface area (Å²) in [6.45, 7) is 3.92. The average molecular weight is 173 g/mol. The smallest absolute Gasteiger partial charge is 0.256 e. The molecular formula is C11H11NO. The van der Waals surface area contributed by atoms with Gasteiger partial charge in [0.05, 0.1) is 0 Å². The zero-order valence-electron chi connectivity index (χ0n) is 7.72. The number of aryl methyl sites for hydroxylation is 2. The lowest BCUT2D eigenvalue weighted by Gasteiger charge is -1.99. The second-order valence-electron chi connectivity index (χ2n) is 3.37. The molecule has 1 aromatic carbocycles.